The Labute approximate surface area is 125 Å². The first kappa shape index (κ1) is 16.6. The van der Waals surface area contributed by atoms with Crippen molar-refractivity contribution in [2.24, 2.45) is 0 Å². The Kier molecular flexibility index (Phi) is 4.94. The number of hydrogen-bond acceptors (Lipinski definition) is 8. The molecule has 0 unspecified atom stereocenters. The normalized spacial score (nSPS) is 31.8. The zero-order chi connectivity index (χ0) is 16.4. The first-order chi connectivity index (χ1) is 10.3. The van der Waals surface area contributed by atoms with E-state index in [1.165, 1.54) is 18.2 Å². The van der Waals surface area contributed by atoms with Crippen LogP contribution < -0.4 is 5.32 Å². The number of nitrogens with zero attached hydrogens (tertiary/aromatic N) is 1. The van der Waals surface area contributed by atoms with Crippen molar-refractivity contribution in [2.75, 3.05) is 11.9 Å². The molecule has 1 aromatic carbocycles. The molecule has 1 fully saturated rings. The van der Waals surface area contributed by atoms with E-state index < -0.39 is 42.2 Å². The molecule has 0 radical (unpaired) electrons. The Balaban J connectivity index is 2.22. The van der Waals surface area contributed by atoms with E-state index in [1.807, 2.05) is 0 Å². The summed E-state index contributed by atoms with van der Waals surface area (Å²) in [6.07, 6.45) is -6.60. The number of benzene rings is 1. The predicted octanol–water partition coefficient (Wildman–Crippen LogP) is -0.885. The molecule has 1 heterocycles. The van der Waals surface area contributed by atoms with E-state index in [4.69, 9.17) is 9.84 Å². The van der Waals surface area contributed by atoms with Gasteiger partial charge in [0.1, 0.15) is 24.4 Å². The summed E-state index contributed by atoms with van der Waals surface area (Å²) in [4.78, 5) is 10.2. The number of non-ortho nitro benzene ring substituents is 1. The summed E-state index contributed by atoms with van der Waals surface area (Å²) in [5.41, 5.74) is 0.874. The number of nitro groups is 1. The average Bonchev–Trinajstić information content (AvgIpc) is 2.49. The van der Waals surface area contributed by atoms with E-state index in [-0.39, 0.29) is 5.69 Å². The minimum atomic E-state index is -1.51. The molecule has 0 spiro atoms. The molecule has 5 atom stereocenters. The van der Waals surface area contributed by atoms with Crippen molar-refractivity contribution in [3.8, 4) is 0 Å². The minimum Gasteiger partial charge on any atom is -0.394 e. The molecule has 0 aliphatic carbocycles. The quantitative estimate of drug-likeness (QED) is 0.355. The Bertz CT molecular complexity index is 551. The lowest BCUT2D eigenvalue weighted by Gasteiger charge is -2.40. The number of nitro benzene ring substituents is 1. The second kappa shape index (κ2) is 6.55. The lowest BCUT2D eigenvalue weighted by Crippen LogP contribution is -2.60. The van der Waals surface area contributed by atoms with Gasteiger partial charge in [-0.25, -0.2) is 0 Å². The number of ether oxygens (including phenoxy) is 1. The third kappa shape index (κ3) is 3.18. The lowest BCUT2D eigenvalue weighted by atomic mass is 9.98. The fraction of sp³-hybridized carbons (Fsp3) is 0.538. The molecular weight excluding hydrogens is 296 g/mol. The molecular formula is C13H18N2O7. The van der Waals surface area contributed by atoms with Gasteiger partial charge in [-0.1, -0.05) is 6.07 Å². The summed E-state index contributed by atoms with van der Waals surface area (Å²) in [5, 5.41) is 52.0. The van der Waals surface area contributed by atoms with Gasteiger partial charge in [-0.2, -0.15) is 0 Å². The van der Waals surface area contributed by atoms with Gasteiger partial charge in [-0.05, 0) is 12.5 Å². The van der Waals surface area contributed by atoms with E-state index in [9.17, 15) is 25.4 Å². The van der Waals surface area contributed by atoms with Crippen LogP contribution in [0.25, 0.3) is 0 Å². The van der Waals surface area contributed by atoms with E-state index in [1.54, 1.807) is 6.92 Å². The van der Waals surface area contributed by atoms with Gasteiger partial charge < -0.3 is 30.5 Å². The summed E-state index contributed by atoms with van der Waals surface area (Å²) in [5.74, 6) is 0. The van der Waals surface area contributed by atoms with Crippen LogP contribution in [0, 0.1) is 17.0 Å². The molecule has 22 heavy (non-hydrogen) atoms. The molecule has 1 aliphatic rings. The van der Waals surface area contributed by atoms with Crippen molar-refractivity contribution < 1.29 is 30.1 Å². The highest BCUT2D eigenvalue weighted by molar-refractivity contribution is 5.57. The van der Waals surface area contributed by atoms with Gasteiger partial charge in [0.2, 0.25) is 0 Å². The Morgan fingerprint density at radius 2 is 1.95 bits per heavy atom. The maximum atomic E-state index is 10.8. The zero-order valence-corrected chi connectivity index (χ0v) is 11.8. The van der Waals surface area contributed by atoms with Crippen molar-refractivity contribution >= 4 is 11.4 Å². The summed E-state index contributed by atoms with van der Waals surface area (Å²) in [6.45, 7) is 1.16. The fourth-order valence-electron chi connectivity index (χ4n) is 2.25. The highest BCUT2D eigenvalue weighted by Crippen LogP contribution is 2.27. The van der Waals surface area contributed by atoms with Crippen molar-refractivity contribution in [3.63, 3.8) is 0 Å². The monoisotopic (exact) mass is 314 g/mol. The van der Waals surface area contributed by atoms with Crippen LogP contribution in [-0.2, 0) is 4.74 Å². The predicted molar refractivity (Wildman–Crippen MR) is 75.2 cm³/mol. The van der Waals surface area contributed by atoms with Crippen molar-refractivity contribution in [1.29, 1.82) is 0 Å². The second-order valence-corrected chi connectivity index (χ2v) is 5.15. The molecule has 5 N–H and O–H groups in total. The van der Waals surface area contributed by atoms with Crippen LogP contribution >= 0.6 is 0 Å². The maximum absolute atomic E-state index is 10.8. The number of aliphatic hydroxyl groups excluding tert-OH is 4. The van der Waals surface area contributed by atoms with E-state index in [2.05, 4.69) is 5.32 Å². The van der Waals surface area contributed by atoms with Gasteiger partial charge >= 0.3 is 0 Å². The highest BCUT2D eigenvalue weighted by Gasteiger charge is 2.43. The van der Waals surface area contributed by atoms with Crippen LogP contribution in [0.5, 0.6) is 0 Å². The molecule has 1 saturated heterocycles. The molecule has 1 aromatic rings. The summed E-state index contributed by atoms with van der Waals surface area (Å²) in [7, 11) is 0. The molecule has 0 bridgehead atoms. The van der Waals surface area contributed by atoms with Gasteiger partial charge in [0, 0.05) is 17.8 Å². The van der Waals surface area contributed by atoms with Gasteiger partial charge in [0.15, 0.2) is 6.23 Å². The van der Waals surface area contributed by atoms with Crippen LogP contribution in [0.3, 0.4) is 0 Å². The zero-order valence-electron chi connectivity index (χ0n) is 11.8. The van der Waals surface area contributed by atoms with E-state index in [0.717, 1.165) is 0 Å². The van der Waals surface area contributed by atoms with Crippen molar-refractivity contribution in [2.45, 2.75) is 37.6 Å². The number of aliphatic hydroxyl groups is 4. The van der Waals surface area contributed by atoms with Gasteiger partial charge in [-0.15, -0.1) is 0 Å². The Hall–Kier alpha value is -1.78. The molecule has 9 nitrogen and oxygen atoms in total. The number of rotatable bonds is 4. The molecule has 0 saturated carbocycles. The van der Waals surface area contributed by atoms with Crippen LogP contribution in [0.4, 0.5) is 11.4 Å². The molecule has 0 amide bonds. The molecule has 1 aliphatic heterocycles. The largest absolute Gasteiger partial charge is 0.394 e. The minimum absolute atomic E-state index is 0.141. The summed E-state index contributed by atoms with van der Waals surface area (Å²) < 4.78 is 5.30. The van der Waals surface area contributed by atoms with Gasteiger partial charge in [0.05, 0.1) is 11.5 Å². The number of anilines is 1. The summed E-state index contributed by atoms with van der Waals surface area (Å²) >= 11 is 0. The molecule has 9 heteroatoms. The number of aryl methyl sites for hydroxylation is 1. The van der Waals surface area contributed by atoms with Crippen LogP contribution in [-0.4, -0.2) is 62.6 Å². The smallest absolute Gasteiger partial charge is 0.271 e. The van der Waals surface area contributed by atoms with Crippen LogP contribution in [0.1, 0.15) is 5.56 Å². The summed E-state index contributed by atoms with van der Waals surface area (Å²) in [6, 6.07) is 4.15. The molecule has 2 rings (SSSR count). The van der Waals surface area contributed by atoms with E-state index >= 15 is 0 Å². The first-order valence-electron chi connectivity index (χ1n) is 6.67. The second-order valence-electron chi connectivity index (χ2n) is 5.15. The van der Waals surface area contributed by atoms with Crippen LogP contribution in [0.15, 0.2) is 18.2 Å². The highest BCUT2D eigenvalue weighted by atomic mass is 16.6. The van der Waals surface area contributed by atoms with Gasteiger partial charge in [0.25, 0.3) is 5.69 Å². The SMILES string of the molecule is Cc1ccc([N+](=O)[O-])cc1N[C@@H]1O[C@H](CO)[C@H](O)[C@@H](O)[C@@H]1O. The topological polar surface area (TPSA) is 145 Å². The van der Waals surface area contributed by atoms with Crippen molar-refractivity contribution in [1.82, 2.24) is 0 Å². The molecule has 0 aromatic heterocycles. The number of hydrogen-bond donors (Lipinski definition) is 5. The maximum Gasteiger partial charge on any atom is 0.271 e. The Morgan fingerprint density at radius 1 is 1.27 bits per heavy atom. The van der Waals surface area contributed by atoms with Crippen molar-refractivity contribution in [3.05, 3.63) is 33.9 Å². The first-order valence-corrected chi connectivity index (χ1v) is 6.67. The Morgan fingerprint density at radius 3 is 2.55 bits per heavy atom. The fourth-order valence-corrected chi connectivity index (χ4v) is 2.25. The van der Waals surface area contributed by atoms with Gasteiger partial charge in [-0.3, -0.25) is 10.1 Å². The van der Waals surface area contributed by atoms with E-state index in [0.29, 0.717) is 11.3 Å². The standard InChI is InChI=1S/C13H18N2O7/c1-6-2-3-7(15(20)21)4-8(6)14-13-12(19)11(18)10(17)9(5-16)22-13/h2-4,9-14,16-19H,5H2,1H3/t9-,10+,11-,12+,13-/m1/s1. The average molecular weight is 314 g/mol. The lowest BCUT2D eigenvalue weighted by molar-refractivity contribution is -0.384. The molecule has 122 valence electrons. The third-order valence-electron chi connectivity index (χ3n) is 3.62. The third-order valence-corrected chi connectivity index (χ3v) is 3.62. The van der Waals surface area contributed by atoms with Crippen LogP contribution in [0.2, 0.25) is 0 Å². The number of nitrogens with one attached hydrogen (secondary N) is 1.